The number of carbonyl (C=O) groups excluding carboxylic acids is 1. The number of aromatic nitrogens is 3. The van der Waals surface area contributed by atoms with Crippen molar-refractivity contribution >= 4 is 29.0 Å². The maximum Gasteiger partial charge on any atom is 0.255 e. The Hall–Kier alpha value is -3.77. The molecule has 2 aromatic heterocycles. The normalized spacial score (nSPS) is 20.1. The Kier molecular flexibility index (Phi) is 12.3. The Bertz CT molecular complexity index is 1380. The summed E-state index contributed by atoms with van der Waals surface area (Å²) >= 11 is 1.57. The molecule has 230 valence electrons. The van der Waals surface area contributed by atoms with Crippen molar-refractivity contribution in [3.8, 4) is 12.3 Å². The van der Waals surface area contributed by atoms with Crippen LogP contribution in [-0.4, -0.2) is 76.2 Å². The highest BCUT2D eigenvalue weighted by Gasteiger charge is 2.40. The van der Waals surface area contributed by atoms with Gasteiger partial charge >= 0.3 is 0 Å². The number of nitrogens with zero attached hydrogens (tertiary/aromatic N) is 6. The van der Waals surface area contributed by atoms with Crippen LogP contribution >= 0.6 is 11.8 Å². The highest BCUT2D eigenvalue weighted by Crippen LogP contribution is 2.40. The molecule has 0 spiro atoms. The van der Waals surface area contributed by atoms with Crippen LogP contribution in [0.15, 0.2) is 64.7 Å². The molecule has 5 rings (SSSR count). The molecule has 0 bridgehead atoms. The fourth-order valence-electron chi connectivity index (χ4n) is 5.62. The molecule has 0 aromatic carbocycles. The van der Waals surface area contributed by atoms with E-state index in [0.717, 1.165) is 65.4 Å². The number of thioether (sulfide) groups is 1. The number of pyridine rings is 1. The number of likely N-dealkylation sites (N-methyl/N-ethyl adjacent to an activating group) is 1. The van der Waals surface area contributed by atoms with Crippen LogP contribution in [0.3, 0.4) is 0 Å². The van der Waals surface area contributed by atoms with Crippen molar-refractivity contribution in [1.82, 2.24) is 24.8 Å². The number of anilines is 2. The summed E-state index contributed by atoms with van der Waals surface area (Å²) < 4.78 is 0. The van der Waals surface area contributed by atoms with Crippen molar-refractivity contribution in [3.05, 3.63) is 71.2 Å². The molecule has 1 amide bonds. The van der Waals surface area contributed by atoms with E-state index in [0.29, 0.717) is 5.69 Å². The van der Waals surface area contributed by atoms with Crippen molar-refractivity contribution in [3.63, 3.8) is 0 Å². The maximum absolute atomic E-state index is 13.7. The predicted molar refractivity (Wildman–Crippen MR) is 180 cm³/mol. The zero-order chi connectivity index (χ0) is 31.7. The van der Waals surface area contributed by atoms with Gasteiger partial charge in [0.05, 0.1) is 23.8 Å². The van der Waals surface area contributed by atoms with E-state index in [4.69, 9.17) is 6.42 Å². The van der Waals surface area contributed by atoms with Crippen molar-refractivity contribution in [1.29, 1.82) is 0 Å². The number of rotatable bonds is 6. The molecule has 1 fully saturated rings. The standard InChI is InChI=1S/C30H35N7OS.2C2H6/c1-7-22-8-9-27(29(34-22)39-6)33-20(3)24-14-19(2)15-26-25(24)16-28(35(5)30(26)38)37-12-10-36(11-13-37)23-17-31-21(4)32-18-23;2*1-2/h1,8-9,14-18,20,24-25,33H,10-13H2,2-6H3;2*1-2H3/t20-,24?,25?;;/m1../s1. The lowest BCUT2D eigenvalue weighted by atomic mass is 9.74. The van der Waals surface area contributed by atoms with Gasteiger partial charge in [0, 0.05) is 56.7 Å². The fourth-order valence-corrected chi connectivity index (χ4v) is 6.16. The van der Waals surface area contributed by atoms with Gasteiger partial charge in [0.1, 0.15) is 22.4 Å². The van der Waals surface area contributed by atoms with E-state index in [2.05, 4.69) is 62.0 Å². The number of hydrogen-bond acceptors (Lipinski definition) is 8. The van der Waals surface area contributed by atoms with Crippen LogP contribution < -0.4 is 10.2 Å². The second kappa shape index (κ2) is 15.6. The first-order chi connectivity index (χ1) is 20.8. The van der Waals surface area contributed by atoms with Crippen LogP contribution in [0.2, 0.25) is 0 Å². The van der Waals surface area contributed by atoms with Crippen molar-refractivity contribution in [2.45, 2.75) is 59.5 Å². The zero-order valence-electron chi connectivity index (χ0n) is 27.2. The molecule has 0 radical (unpaired) electrons. The summed E-state index contributed by atoms with van der Waals surface area (Å²) in [5.74, 6) is 4.52. The first-order valence-corrected chi connectivity index (χ1v) is 16.5. The van der Waals surface area contributed by atoms with Gasteiger partial charge in [0.25, 0.3) is 5.91 Å². The summed E-state index contributed by atoms with van der Waals surface area (Å²) in [7, 11) is 1.89. The van der Waals surface area contributed by atoms with Crippen molar-refractivity contribution in [2.24, 2.45) is 11.8 Å². The van der Waals surface area contributed by atoms with E-state index < -0.39 is 0 Å². The molecule has 2 unspecified atom stereocenters. The third-order valence-corrected chi connectivity index (χ3v) is 8.43. The fraction of sp³-hybridized carbons (Fsp3) is 0.471. The number of terminal acetylenes is 1. The van der Waals surface area contributed by atoms with E-state index in [1.165, 1.54) is 0 Å². The molecule has 3 atom stereocenters. The lowest BCUT2D eigenvalue weighted by Gasteiger charge is -2.44. The quantitative estimate of drug-likeness (QED) is 0.320. The van der Waals surface area contributed by atoms with Gasteiger partial charge in [0.15, 0.2) is 0 Å². The molecular weight excluding hydrogens is 554 g/mol. The number of nitrogens with one attached hydrogen (secondary N) is 1. The highest BCUT2D eigenvalue weighted by atomic mass is 32.2. The van der Waals surface area contributed by atoms with E-state index in [1.807, 2.05) is 83.4 Å². The smallest absolute Gasteiger partial charge is 0.255 e. The lowest BCUT2D eigenvalue weighted by Crippen LogP contribution is -2.51. The number of piperazine rings is 1. The Balaban J connectivity index is 0.00000121. The third kappa shape index (κ3) is 7.61. The third-order valence-electron chi connectivity index (χ3n) is 7.73. The first-order valence-electron chi connectivity index (χ1n) is 15.3. The Labute approximate surface area is 262 Å². The summed E-state index contributed by atoms with van der Waals surface area (Å²) in [6, 6.07) is 3.92. The summed E-state index contributed by atoms with van der Waals surface area (Å²) in [5.41, 5.74) is 4.57. The van der Waals surface area contributed by atoms with Gasteiger partial charge in [-0.3, -0.25) is 9.69 Å². The number of carbonyl (C=O) groups is 1. The number of hydrogen-bond donors (Lipinski definition) is 1. The van der Waals surface area contributed by atoms with Gasteiger partial charge < -0.3 is 15.1 Å². The number of allylic oxidation sites excluding steroid dienone is 3. The average molecular weight is 602 g/mol. The maximum atomic E-state index is 13.7. The molecule has 1 saturated heterocycles. The van der Waals surface area contributed by atoms with Gasteiger partial charge in [-0.2, -0.15) is 0 Å². The first kappa shape index (κ1) is 33.7. The Morgan fingerprint density at radius 1 is 1.02 bits per heavy atom. The van der Waals surface area contributed by atoms with E-state index in [-0.39, 0.29) is 23.8 Å². The lowest BCUT2D eigenvalue weighted by molar-refractivity contribution is -0.126. The minimum absolute atomic E-state index is 0.0194. The van der Waals surface area contributed by atoms with Crippen LogP contribution in [0, 0.1) is 31.1 Å². The molecule has 1 N–H and O–H groups in total. The topological polar surface area (TPSA) is 77.5 Å². The van der Waals surface area contributed by atoms with Crippen LogP contribution in [0.25, 0.3) is 0 Å². The number of aryl methyl sites for hydroxylation is 1. The molecule has 2 aromatic rings. The predicted octanol–water partition coefficient (Wildman–Crippen LogP) is 5.99. The number of fused-ring (bicyclic) bond motifs is 1. The molecule has 3 aliphatic rings. The molecule has 4 heterocycles. The second-order valence-corrected chi connectivity index (χ2v) is 11.1. The minimum Gasteiger partial charge on any atom is -0.380 e. The zero-order valence-corrected chi connectivity index (χ0v) is 28.0. The molecule has 9 heteroatoms. The van der Waals surface area contributed by atoms with Crippen LogP contribution in [-0.2, 0) is 4.79 Å². The van der Waals surface area contributed by atoms with Gasteiger partial charge in [-0.05, 0) is 45.2 Å². The SMILES string of the molecule is C#Cc1ccc(N[C@H](C)C2C=C(C)C=C3C(=O)N(C)C(N4CCN(c5cnc(C)nc5)CC4)=CC32)c(SC)n1.CC.CC. The minimum atomic E-state index is -0.0194. The summed E-state index contributed by atoms with van der Waals surface area (Å²) in [6.07, 6.45) is 18.0. The monoisotopic (exact) mass is 601 g/mol. The van der Waals surface area contributed by atoms with E-state index in [9.17, 15) is 4.79 Å². The van der Waals surface area contributed by atoms with Crippen LogP contribution in [0.1, 0.15) is 53.1 Å². The van der Waals surface area contributed by atoms with Gasteiger partial charge in [-0.25, -0.2) is 15.0 Å². The highest BCUT2D eigenvalue weighted by molar-refractivity contribution is 7.98. The van der Waals surface area contributed by atoms with Gasteiger partial charge in [0.2, 0.25) is 0 Å². The van der Waals surface area contributed by atoms with E-state index in [1.54, 1.807) is 11.8 Å². The largest absolute Gasteiger partial charge is 0.380 e. The summed E-state index contributed by atoms with van der Waals surface area (Å²) in [4.78, 5) is 33.4. The number of amides is 1. The molecule has 8 nitrogen and oxygen atoms in total. The summed E-state index contributed by atoms with van der Waals surface area (Å²) in [6.45, 7) is 17.5. The Morgan fingerprint density at radius 2 is 1.65 bits per heavy atom. The molecular formula is C34H47N7OS. The Morgan fingerprint density at radius 3 is 2.26 bits per heavy atom. The van der Waals surface area contributed by atoms with Gasteiger partial charge in [-0.1, -0.05) is 51.3 Å². The van der Waals surface area contributed by atoms with E-state index >= 15 is 0 Å². The van der Waals surface area contributed by atoms with Crippen molar-refractivity contribution in [2.75, 3.05) is 49.7 Å². The molecule has 1 aliphatic carbocycles. The van der Waals surface area contributed by atoms with Crippen LogP contribution in [0.4, 0.5) is 11.4 Å². The van der Waals surface area contributed by atoms with Crippen molar-refractivity contribution < 1.29 is 4.79 Å². The summed E-state index contributed by atoms with van der Waals surface area (Å²) in [5, 5.41) is 4.55. The van der Waals surface area contributed by atoms with Crippen LogP contribution in [0.5, 0.6) is 0 Å². The molecule has 43 heavy (non-hydrogen) atoms. The average Bonchev–Trinajstić information content (AvgIpc) is 3.05. The molecule has 2 aliphatic heterocycles. The second-order valence-electron chi connectivity index (χ2n) is 10.3. The van der Waals surface area contributed by atoms with Gasteiger partial charge in [-0.15, -0.1) is 18.2 Å². The molecule has 0 saturated carbocycles.